The zero-order chi connectivity index (χ0) is 13.2. The van der Waals surface area contributed by atoms with Gasteiger partial charge in [0, 0.05) is 5.56 Å². The van der Waals surface area contributed by atoms with Crippen LogP contribution >= 0.6 is 0 Å². The first-order valence-electron chi connectivity index (χ1n) is 6.25. The van der Waals surface area contributed by atoms with Crippen molar-refractivity contribution in [1.82, 2.24) is 0 Å². The molecule has 0 amide bonds. The molecular formula is C13H19NO3S. The monoisotopic (exact) mass is 269 g/mol. The Balaban J connectivity index is 2.24. The van der Waals surface area contributed by atoms with Crippen molar-refractivity contribution >= 4 is 9.84 Å². The zero-order valence-corrected chi connectivity index (χ0v) is 11.3. The predicted octanol–water partition coefficient (Wildman–Crippen LogP) is 1.66. The smallest absolute Gasteiger partial charge is 0.158 e. The van der Waals surface area contributed by atoms with Crippen LogP contribution < -0.4 is 10.5 Å². The summed E-state index contributed by atoms with van der Waals surface area (Å²) in [7, 11) is -3.19. The predicted molar refractivity (Wildman–Crippen MR) is 71.3 cm³/mol. The summed E-state index contributed by atoms with van der Waals surface area (Å²) in [5.74, 6) is 0.889. The van der Waals surface area contributed by atoms with Crippen LogP contribution in [0.1, 0.15) is 31.4 Å². The van der Waals surface area contributed by atoms with E-state index in [4.69, 9.17) is 10.5 Å². The number of hydrogen-bond donors (Lipinski definition) is 1. The molecule has 0 aliphatic carbocycles. The molecule has 2 N–H and O–H groups in total. The topological polar surface area (TPSA) is 69.4 Å². The fourth-order valence-corrected chi connectivity index (χ4v) is 4.05. The highest BCUT2D eigenvalue weighted by atomic mass is 32.2. The Bertz CT molecular complexity index is 513. The van der Waals surface area contributed by atoms with Gasteiger partial charge in [0.1, 0.15) is 17.6 Å². The molecule has 100 valence electrons. The van der Waals surface area contributed by atoms with Crippen LogP contribution in [0.25, 0.3) is 0 Å². The van der Waals surface area contributed by atoms with Crippen molar-refractivity contribution < 1.29 is 13.2 Å². The lowest BCUT2D eigenvalue weighted by atomic mass is 10.0. The molecule has 0 aromatic heterocycles. The number of hydrogen-bond acceptors (Lipinski definition) is 4. The van der Waals surface area contributed by atoms with Crippen molar-refractivity contribution in [1.29, 1.82) is 0 Å². The number of benzene rings is 1. The molecule has 0 saturated heterocycles. The summed E-state index contributed by atoms with van der Waals surface area (Å²) in [5.41, 5.74) is 6.88. The highest BCUT2D eigenvalue weighted by Crippen LogP contribution is 2.33. The minimum atomic E-state index is -3.19. The Morgan fingerprint density at radius 1 is 1.39 bits per heavy atom. The van der Waals surface area contributed by atoms with E-state index in [0.717, 1.165) is 12.0 Å². The molecule has 1 aromatic carbocycles. The first-order chi connectivity index (χ1) is 8.56. The van der Waals surface area contributed by atoms with Crippen molar-refractivity contribution in [2.75, 3.05) is 12.4 Å². The Hall–Kier alpha value is -1.07. The molecule has 5 heteroatoms. The second kappa shape index (κ2) is 5.28. The van der Waals surface area contributed by atoms with Gasteiger partial charge < -0.3 is 10.5 Å². The van der Waals surface area contributed by atoms with Gasteiger partial charge in [-0.05, 0) is 12.5 Å². The van der Waals surface area contributed by atoms with Crippen LogP contribution in [0, 0.1) is 0 Å². The van der Waals surface area contributed by atoms with E-state index in [1.165, 1.54) is 0 Å². The van der Waals surface area contributed by atoms with Gasteiger partial charge in [-0.15, -0.1) is 0 Å². The second-order valence-corrected chi connectivity index (χ2v) is 6.97. The third-order valence-corrected chi connectivity index (χ3v) is 5.54. The molecule has 1 aliphatic rings. The van der Waals surface area contributed by atoms with Gasteiger partial charge in [0.2, 0.25) is 0 Å². The van der Waals surface area contributed by atoms with E-state index in [2.05, 4.69) is 0 Å². The van der Waals surface area contributed by atoms with Crippen LogP contribution in [-0.2, 0) is 9.84 Å². The van der Waals surface area contributed by atoms with E-state index in [9.17, 15) is 8.42 Å². The fourth-order valence-electron chi connectivity index (χ4n) is 2.19. The highest BCUT2D eigenvalue weighted by molar-refractivity contribution is 7.92. The van der Waals surface area contributed by atoms with Gasteiger partial charge >= 0.3 is 0 Å². The lowest BCUT2D eigenvalue weighted by molar-refractivity contribution is 0.270. The van der Waals surface area contributed by atoms with Gasteiger partial charge in [-0.2, -0.15) is 0 Å². The third-order valence-electron chi connectivity index (χ3n) is 3.33. The number of unbranched alkanes of at least 4 members (excludes halogenated alkanes) is 1. The average Bonchev–Trinajstić information content (AvgIpc) is 2.37. The summed E-state index contributed by atoms with van der Waals surface area (Å²) in [5, 5.41) is -0.626. The SMILES string of the molecule is CCCCS(=O)(=O)C1COc2ccccc2C1N. The molecule has 0 radical (unpaired) electrons. The highest BCUT2D eigenvalue weighted by Gasteiger charge is 2.36. The van der Waals surface area contributed by atoms with Crippen molar-refractivity contribution in [2.24, 2.45) is 5.73 Å². The molecule has 1 aromatic rings. The van der Waals surface area contributed by atoms with E-state index in [-0.39, 0.29) is 12.4 Å². The van der Waals surface area contributed by atoms with Gasteiger partial charge in [0.15, 0.2) is 9.84 Å². The number of rotatable bonds is 4. The third kappa shape index (κ3) is 2.52. The lowest BCUT2D eigenvalue weighted by Gasteiger charge is -2.30. The normalized spacial score (nSPS) is 23.2. The number of ether oxygens (including phenoxy) is 1. The number of para-hydroxylation sites is 1. The molecule has 0 fully saturated rings. The molecular weight excluding hydrogens is 250 g/mol. The van der Waals surface area contributed by atoms with Gasteiger partial charge in [-0.1, -0.05) is 31.5 Å². The van der Waals surface area contributed by atoms with Gasteiger partial charge in [0.25, 0.3) is 0 Å². The number of fused-ring (bicyclic) bond motifs is 1. The van der Waals surface area contributed by atoms with Crippen LogP contribution in [0.15, 0.2) is 24.3 Å². The maximum atomic E-state index is 12.2. The molecule has 4 nitrogen and oxygen atoms in total. The van der Waals surface area contributed by atoms with Crippen molar-refractivity contribution in [3.8, 4) is 5.75 Å². The Morgan fingerprint density at radius 3 is 2.83 bits per heavy atom. The maximum Gasteiger partial charge on any atom is 0.158 e. The molecule has 0 saturated carbocycles. The molecule has 18 heavy (non-hydrogen) atoms. The molecule has 2 unspecified atom stereocenters. The van der Waals surface area contributed by atoms with Gasteiger partial charge in [0.05, 0.1) is 11.8 Å². The first-order valence-corrected chi connectivity index (χ1v) is 7.96. The van der Waals surface area contributed by atoms with Crippen LogP contribution in [-0.4, -0.2) is 26.0 Å². The molecule has 2 atom stereocenters. The van der Waals surface area contributed by atoms with Crippen LogP contribution in [0.4, 0.5) is 0 Å². The molecule has 1 aliphatic heterocycles. The van der Waals surface area contributed by atoms with Crippen LogP contribution in [0.3, 0.4) is 0 Å². The Labute approximate surface area is 108 Å². The van der Waals surface area contributed by atoms with E-state index in [0.29, 0.717) is 12.2 Å². The van der Waals surface area contributed by atoms with E-state index in [1.807, 2.05) is 31.2 Å². The van der Waals surface area contributed by atoms with Crippen LogP contribution in [0.2, 0.25) is 0 Å². The lowest BCUT2D eigenvalue weighted by Crippen LogP contribution is -2.42. The average molecular weight is 269 g/mol. The number of sulfone groups is 1. The molecule has 2 rings (SSSR count). The van der Waals surface area contributed by atoms with E-state index < -0.39 is 21.1 Å². The Morgan fingerprint density at radius 2 is 2.11 bits per heavy atom. The zero-order valence-electron chi connectivity index (χ0n) is 10.5. The van der Waals surface area contributed by atoms with Gasteiger partial charge in [-0.3, -0.25) is 0 Å². The maximum absolute atomic E-state index is 12.2. The largest absolute Gasteiger partial charge is 0.492 e. The standard InChI is InChI=1S/C13H19NO3S/c1-2-3-8-18(15,16)12-9-17-11-7-5-4-6-10(11)13(12)14/h4-7,12-13H,2-3,8-9,14H2,1H3. The summed E-state index contributed by atoms with van der Waals surface area (Å²) < 4.78 is 29.9. The number of nitrogens with two attached hydrogens (primary N) is 1. The summed E-state index contributed by atoms with van der Waals surface area (Å²) >= 11 is 0. The molecule has 0 bridgehead atoms. The summed E-state index contributed by atoms with van der Waals surface area (Å²) in [6.45, 7) is 2.13. The minimum Gasteiger partial charge on any atom is -0.492 e. The van der Waals surface area contributed by atoms with Crippen LogP contribution in [0.5, 0.6) is 5.75 Å². The van der Waals surface area contributed by atoms with Gasteiger partial charge in [-0.25, -0.2) is 8.42 Å². The minimum absolute atomic E-state index is 0.157. The molecule has 0 spiro atoms. The summed E-state index contributed by atoms with van der Waals surface area (Å²) in [6, 6.07) is 6.88. The van der Waals surface area contributed by atoms with Crippen molar-refractivity contribution in [2.45, 2.75) is 31.1 Å². The second-order valence-electron chi connectivity index (χ2n) is 4.63. The summed E-state index contributed by atoms with van der Waals surface area (Å²) in [4.78, 5) is 0. The van der Waals surface area contributed by atoms with E-state index in [1.54, 1.807) is 0 Å². The Kier molecular flexibility index (Phi) is 3.92. The van der Waals surface area contributed by atoms with E-state index >= 15 is 0 Å². The van der Waals surface area contributed by atoms with Crippen molar-refractivity contribution in [3.63, 3.8) is 0 Å². The molecule has 1 heterocycles. The summed E-state index contributed by atoms with van der Waals surface area (Å²) in [6.07, 6.45) is 1.53. The fraction of sp³-hybridized carbons (Fsp3) is 0.538. The first kappa shape index (κ1) is 13.4. The quantitative estimate of drug-likeness (QED) is 0.902. The van der Waals surface area contributed by atoms with Crippen molar-refractivity contribution in [3.05, 3.63) is 29.8 Å².